The molecule has 2 heterocycles. The number of nitrogens with one attached hydrogen (secondary N) is 1. The Hall–Kier alpha value is -2.07. The lowest BCUT2D eigenvalue weighted by molar-refractivity contribution is 1.10. The number of anilines is 1. The zero-order valence-corrected chi connectivity index (χ0v) is 11.5. The number of hydrogen-bond acceptors (Lipinski definition) is 3. The van der Waals surface area contributed by atoms with Gasteiger partial charge in [0.1, 0.15) is 0 Å². The molecule has 4 heteroatoms. The molecular formula is C15H15N3S. The SMILES string of the molecule is CCc1ccc(-c2[nH]nc(N)c2-c2cccs2)cc1. The number of aromatic amines is 1. The van der Waals surface area contributed by atoms with Gasteiger partial charge in [0.25, 0.3) is 0 Å². The highest BCUT2D eigenvalue weighted by molar-refractivity contribution is 7.13. The number of rotatable bonds is 3. The highest BCUT2D eigenvalue weighted by Gasteiger charge is 2.15. The van der Waals surface area contributed by atoms with Crippen molar-refractivity contribution in [3.63, 3.8) is 0 Å². The topological polar surface area (TPSA) is 54.7 Å². The van der Waals surface area contributed by atoms with E-state index >= 15 is 0 Å². The van der Waals surface area contributed by atoms with Gasteiger partial charge in [-0.05, 0) is 23.4 Å². The van der Waals surface area contributed by atoms with Gasteiger partial charge < -0.3 is 5.73 Å². The maximum atomic E-state index is 5.99. The second-order valence-corrected chi connectivity index (χ2v) is 5.33. The fraction of sp³-hybridized carbons (Fsp3) is 0.133. The molecule has 3 N–H and O–H groups in total. The molecule has 0 aliphatic rings. The molecule has 0 saturated carbocycles. The number of hydrogen-bond donors (Lipinski definition) is 2. The van der Waals surface area contributed by atoms with Crippen molar-refractivity contribution >= 4 is 17.2 Å². The number of nitrogens with two attached hydrogens (primary N) is 1. The van der Waals surface area contributed by atoms with Crippen LogP contribution in [0, 0.1) is 0 Å². The Morgan fingerprint density at radius 2 is 2.00 bits per heavy atom. The van der Waals surface area contributed by atoms with Crippen LogP contribution in [0.3, 0.4) is 0 Å². The van der Waals surface area contributed by atoms with Gasteiger partial charge in [0.2, 0.25) is 0 Å². The maximum absolute atomic E-state index is 5.99. The van der Waals surface area contributed by atoms with Gasteiger partial charge in [-0.2, -0.15) is 5.10 Å². The van der Waals surface area contributed by atoms with Crippen LogP contribution in [0.4, 0.5) is 5.82 Å². The number of aromatic nitrogens is 2. The minimum Gasteiger partial charge on any atom is -0.382 e. The lowest BCUT2D eigenvalue weighted by atomic mass is 10.0. The van der Waals surface area contributed by atoms with Crippen molar-refractivity contribution in [2.45, 2.75) is 13.3 Å². The number of aryl methyl sites for hydroxylation is 1. The number of nitrogens with zero attached hydrogens (tertiary/aromatic N) is 1. The van der Waals surface area contributed by atoms with E-state index in [1.807, 2.05) is 11.4 Å². The predicted octanol–water partition coefficient (Wildman–Crippen LogP) is 3.95. The van der Waals surface area contributed by atoms with E-state index in [4.69, 9.17) is 5.73 Å². The summed E-state index contributed by atoms with van der Waals surface area (Å²) in [5.74, 6) is 0.553. The third kappa shape index (κ3) is 2.15. The molecule has 1 aromatic carbocycles. The summed E-state index contributed by atoms with van der Waals surface area (Å²) in [6.07, 6.45) is 1.04. The quantitative estimate of drug-likeness (QED) is 0.756. The molecule has 0 unspecified atom stereocenters. The van der Waals surface area contributed by atoms with Gasteiger partial charge in [-0.1, -0.05) is 37.3 Å². The summed E-state index contributed by atoms with van der Waals surface area (Å²) in [7, 11) is 0. The molecule has 0 atom stereocenters. The molecule has 0 fully saturated rings. The Morgan fingerprint density at radius 3 is 2.63 bits per heavy atom. The Balaban J connectivity index is 2.10. The smallest absolute Gasteiger partial charge is 0.154 e. The van der Waals surface area contributed by atoms with E-state index in [9.17, 15) is 0 Å². The Labute approximate surface area is 116 Å². The van der Waals surface area contributed by atoms with Gasteiger partial charge in [-0.3, -0.25) is 5.10 Å². The summed E-state index contributed by atoms with van der Waals surface area (Å²) in [4.78, 5) is 1.14. The Bertz CT molecular complexity index is 666. The molecule has 19 heavy (non-hydrogen) atoms. The first-order valence-corrected chi connectivity index (χ1v) is 7.14. The molecule has 3 nitrogen and oxygen atoms in total. The highest BCUT2D eigenvalue weighted by atomic mass is 32.1. The summed E-state index contributed by atoms with van der Waals surface area (Å²) in [6, 6.07) is 12.6. The van der Waals surface area contributed by atoms with E-state index in [1.54, 1.807) is 11.3 Å². The van der Waals surface area contributed by atoms with Crippen LogP contribution in [0.5, 0.6) is 0 Å². The van der Waals surface area contributed by atoms with E-state index in [0.717, 1.165) is 28.1 Å². The molecule has 0 saturated heterocycles. The molecule has 0 aliphatic heterocycles. The maximum Gasteiger partial charge on any atom is 0.154 e. The van der Waals surface area contributed by atoms with Crippen LogP contribution in [0.1, 0.15) is 12.5 Å². The first-order chi connectivity index (χ1) is 9.29. The van der Waals surface area contributed by atoms with E-state index in [1.165, 1.54) is 5.56 Å². The van der Waals surface area contributed by atoms with E-state index in [-0.39, 0.29) is 0 Å². The van der Waals surface area contributed by atoms with Crippen molar-refractivity contribution in [2.75, 3.05) is 5.73 Å². The average molecular weight is 269 g/mol. The fourth-order valence-corrected chi connectivity index (χ4v) is 2.93. The van der Waals surface area contributed by atoms with Crippen molar-refractivity contribution in [3.8, 4) is 21.7 Å². The first kappa shape index (κ1) is 12.0. The van der Waals surface area contributed by atoms with Crippen LogP contribution >= 0.6 is 11.3 Å². The average Bonchev–Trinajstić information content (AvgIpc) is 3.08. The van der Waals surface area contributed by atoms with Gasteiger partial charge in [0, 0.05) is 10.4 Å². The van der Waals surface area contributed by atoms with Crippen molar-refractivity contribution in [1.82, 2.24) is 10.2 Å². The largest absolute Gasteiger partial charge is 0.382 e. The molecule has 96 valence electrons. The Kier molecular flexibility index (Phi) is 3.09. The molecule has 0 bridgehead atoms. The summed E-state index contributed by atoms with van der Waals surface area (Å²) in [5.41, 5.74) is 10.4. The summed E-state index contributed by atoms with van der Waals surface area (Å²) < 4.78 is 0. The third-order valence-corrected chi connectivity index (χ3v) is 4.10. The van der Waals surface area contributed by atoms with Crippen LogP contribution in [0.25, 0.3) is 21.7 Å². The predicted molar refractivity (Wildman–Crippen MR) is 81.1 cm³/mol. The zero-order chi connectivity index (χ0) is 13.2. The van der Waals surface area contributed by atoms with Gasteiger partial charge in [-0.15, -0.1) is 11.3 Å². The number of nitrogen functional groups attached to an aromatic ring is 1. The van der Waals surface area contributed by atoms with Crippen molar-refractivity contribution in [3.05, 3.63) is 47.3 Å². The lowest BCUT2D eigenvalue weighted by Gasteiger charge is -2.03. The summed E-state index contributed by atoms with van der Waals surface area (Å²) >= 11 is 1.67. The second-order valence-electron chi connectivity index (χ2n) is 4.39. The molecule has 0 amide bonds. The van der Waals surface area contributed by atoms with Gasteiger partial charge in [0.15, 0.2) is 5.82 Å². The number of H-pyrrole nitrogens is 1. The third-order valence-electron chi connectivity index (χ3n) is 3.21. The monoisotopic (exact) mass is 269 g/mol. The molecule has 2 aromatic heterocycles. The molecule has 3 aromatic rings. The molecule has 0 aliphatic carbocycles. The highest BCUT2D eigenvalue weighted by Crippen LogP contribution is 2.37. The minimum absolute atomic E-state index is 0.553. The van der Waals surface area contributed by atoms with Gasteiger partial charge >= 0.3 is 0 Å². The van der Waals surface area contributed by atoms with E-state index in [2.05, 4.69) is 47.5 Å². The molecule has 0 radical (unpaired) electrons. The van der Waals surface area contributed by atoms with Crippen LogP contribution < -0.4 is 5.73 Å². The molecule has 0 spiro atoms. The standard InChI is InChI=1S/C15H15N3S/c1-2-10-5-7-11(8-6-10)14-13(15(16)18-17-14)12-4-3-9-19-12/h3-9H,2H2,1H3,(H3,16,17,18). The normalized spacial score (nSPS) is 10.8. The minimum atomic E-state index is 0.553. The van der Waals surface area contributed by atoms with Crippen LogP contribution in [-0.4, -0.2) is 10.2 Å². The number of benzene rings is 1. The van der Waals surface area contributed by atoms with E-state index in [0.29, 0.717) is 5.82 Å². The first-order valence-electron chi connectivity index (χ1n) is 6.26. The van der Waals surface area contributed by atoms with Crippen LogP contribution in [0.2, 0.25) is 0 Å². The zero-order valence-electron chi connectivity index (χ0n) is 10.7. The van der Waals surface area contributed by atoms with Crippen molar-refractivity contribution in [1.29, 1.82) is 0 Å². The summed E-state index contributed by atoms with van der Waals surface area (Å²) in [5, 5.41) is 9.25. The van der Waals surface area contributed by atoms with Gasteiger partial charge in [-0.25, -0.2) is 0 Å². The van der Waals surface area contributed by atoms with Crippen LogP contribution in [-0.2, 0) is 6.42 Å². The molecule has 3 rings (SSSR count). The summed E-state index contributed by atoms with van der Waals surface area (Å²) in [6.45, 7) is 2.15. The number of thiophene rings is 1. The molecular weight excluding hydrogens is 254 g/mol. The van der Waals surface area contributed by atoms with Crippen LogP contribution in [0.15, 0.2) is 41.8 Å². The lowest BCUT2D eigenvalue weighted by Crippen LogP contribution is -1.87. The fourth-order valence-electron chi connectivity index (χ4n) is 2.14. The van der Waals surface area contributed by atoms with Crippen molar-refractivity contribution in [2.24, 2.45) is 0 Å². The van der Waals surface area contributed by atoms with Gasteiger partial charge in [0.05, 0.1) is 11.3 Å². The Morgan fingerprint density at radius 1 is 1.21 bits per heavy atom. The second kappa shape index (κ2) is 4.90. The van der Waals surface area contributed by atoms with Crippen molar-refractivity contribution < 1.29 is 0 Å². The van der Waals surface area contributed by atoms with E-state index < -0.39 is 0 Å².